The summed E-state index contributed by atoms with van der Waals surface area (Å²) in [5, 5.41) is 1.17. The van der Waals surface area contributed by atoms with Gasteiger partial charge in [-0.25, -0.2) is 8.78 Å². The highest BCUT2D eigenvalue weighted by atomic mass is 19.3. The molecule has 1 aromatic carbocycles. The second-order valence-corrected chi connectivity index (χ2v) is 12.1. The third kappa shape index (κ3) is 6.10. The number of carbonyl (C=O) groups excluding carboxylic acids is 1. The number of aryl methyl sites for hydroxylation is 1. The maximum absolute atomic E-state index is 14.0. The van der Waals surface area contributed by atoms with E-state index < -0.39 is 12.0 Å². The SMILES string of the molecule is COC/C=C/C(=O)N1CCN(c2nc(OC[C@@H]3CC(F)(F)CN3C)nc3c2CCN(c2c(C)c(C)cc4[nH]ccc24)C3)CC1. The smallest absolute Gasteiger partial charge is 0.318 e. The van der Waals surface area contributed by atoms with Gasteiger partial charge in [-0.05, 0) is 50.6 Å². The van der Waals surface area contributed by atoms with Gasteiger partial charge in [0.15, 0.2) is 0 Å². The van der Waals surface area contributed by atoms with Crippen molar-refractivity contribution < 1.29 is 23.0 Å². The van der Waals surface area contributed by atoms with Crippen molar-refractivity contribution in [3.05, 3.63) is 52.9 Å². The number of halogens is 2. The first-order valence-corrected chi connectivity index (χ1v) is 15.3. The Morgan fingerprint density at radius 3 is 2.68 bits per heavy atom. The van der Waals surface area contributed by atoms with Crippen molar-refractivity contribution in [1.82, 2.24) is 24.8 Å². The molecular weight excluding hydrogens is 568 g/mol. The van der Waals surface area contributed by atoms with E-state index in [1.54, 1.807) is 31.2 Å². The minimum Gasteiger partial charge on any atom is -0.462 e. The van der Waals surface area contributed by atoms with Crippen LogP contribution in [0.1, 0.15) is 28.8 Å². The first-order chi connectivity index (χ1) is 21.1. The third-order valence-electron chi connectivity index (χ3n) is 9.14. The van der Waals surface area contributed by atoms with E-state index in [4.69, 9.17) is 19.4 Å². The van der Waals surface area contributed by atoms with Gasteiger partial charge in [-0.2, -0.15) is 9.97 Å². The molecule has 12 heteroatoms. The van der Waals surface area contributed by atoms with Crippen LogP contribution in [0.5, 0.6) is 6.01 Å². The maximum atomic E-state index is 14.0. The molecule has 0 aliphatic carbocycles. The number of carbonyl (C=O) groups is 1. The molecule has 236 valence electrons. The number of benzene rings is 1. The van der Waals surface area contributed by atoms with Crippen LogP contribution in [-0.2, 0) is 22.5 Å². The predicted molar refractivity (Wildman–Crippen MR) is 166 cm³/mol. The molecule has 0 radical (unpaired) electrons. The van der Waals surface area contributed by atoms with Gasteiger partial charge in [0, 0.05) is 86.7 Å². The normalized spacial score (nSPS) is 20.6. The van der Waals surface area contributed by atoms with Crippen LogP contribution in [0.2, 0.25) is 0 Å². The lowest BCUT2D eigenvalue weighted by Gasteiger charge is -2.38. The molecule has 3 aromatic rings. The van der Waals surface area contributed by atoms with Gasteiger partial charge in [-0.15, -0.1) is 0 Å². The van der Waals surface area contributed by atoms with Crippen LogP contribution in [0.15, 0.2) is 30.5 Å². The number of aromatic nitrogens is 3. The number of H-pyrrole nitrogens is 1. The molecule has 3 aliphatic rings. The minimum atomic E-state index is -2.73. The number of amides is 1. The average molecular weight is 610 g/mol. The third-order valence-corrected chi connectivity index (χ3v) is 9.14. The van der Waals surface area contributed by atoms with Crippen LogP contribution >= 0.6 is 0 Å². The van der Waals surface area contributed by atoms with Gasteiger partial charge >= 0.3 is 6.01 Å². The number of likely N-dealkylation sites (tertiary alicyclic amines) is 1. The molecule has 3 aliphatic heterocycles. The number of hydrogen-bond acceptors (Lipinski definition) is 8. The fraction of sp³-hybridized carbons (Fsp3) is 0.531. The Hall–Kier alpha value is -3.77. The van der Waals surface area contributed by atoms with Crippen molar-refractivity contribution in [2.75, 3.05) is 76.4 Å². The van der Waals surface area contributed by atoms with Crippen molar-refractivity contribution in [2.45, 2.75) is 45.2 Å². The Morgan fingerprint density at radius 2 is 1.95 bits per heavy atom. The summed E-state index contributed by atoms with van der Waals surface area (Å²) in [6.45, 7) is 8.24. The minimum absolute atomic E-state index is 0.0341. The zero-order valence-electron chi connectivity index (χ0n) is 25.9. The van der Waals surface area contributed by atoms with Crippen LogP contribution < -0.4 is 14.5 Å². The topological polar surface area (TPSA) is 90.1 Å². The Labute approximate surface area is 256 Å². The second kappa shape index (κ2) is 12.3. The number of alkyl halides is 2. The van der Waals surface area contributed by atoms with E-state index in [0.29, 0.717) is 39.3 Å². The first kappa shape index (κ1) is 30.3. The number of fused-ring (bicyclic) bond motifs is 2. The molecule has 5 heterocycles. The van der Waals surface area contributed by atoms with Crippen molar-refractivity contribution >= 4 is 28.3 Å². The molecule has 0 spiro atoms. The summed E-state index contributed by atoms with van der Waals surface area (Å²) >= 11 is 0. The van der Waals surface area contributed by atoms with E-state index in [0.717, 1.165) is 35.6 Å². The van der Waals surface area contributed by atoms with Gasteiger partial charge in [0.25, 0.3) is 5.92 Å². The molecule has 0 bridgehead atoms. The molecule has 1 N–H and O–H groups in total. The number of rotatable bonds is 8. The molecule has 0 unspecified atom stereocenters. The fourth-order valence-electron chi connectivity index (χ4n) is 6.64. The lowest BCUT2D eigenvalue weighted by Crippen LogP contribution is -2.49. The maximum Gasteiger partial charge on any atom is 0.318 e. The van der Waals surface area contributed by atoms with Gasteiger partial charge in [0.2, 0.25) is 5.91 Å². The molecule has 6 rings (SSSR count). The number of methoxy groups -OCH3 is 1. The largest absolute Gasteiger partial charge is 0.462 e. The predicted octanol–water partition coefficient (Wildman–Crippen LogP) is 3.71. The molecule has 0 saturated carbocycles. The van der Waals surface area contributed by atoms with Gasteiger partial charge < -0.3 is 29.2 Å². The molecular formula is C32H41F2N7O3. The number of aromatic amines is 1. The lowest BCUT2D eigenvalue weighted by molar-refractivity contribution is -0.126. The second-order valence-electron chi connectivity index (χ2n) is 12.1. The highest BCUT2D eigenvalue weighted by molar-refractivity contribution is 5.95. The number of nitrogens with zero attached hydrogens (tertiary/aromatic N) is 6. The molecule has 44 heavy (non-hydrogen) atoms. The Morgan fingerprint density at radius 1 is 1.16 bits per heavy atom. The number of ether oxygens (including phenoxy) is 2. The number of anilines is 2. The zero-order valence-corrected chi connectivity index (χ0v) is 25.9. The average Bonchev–Trinajstić information content (AvgIpc) is 3.57. The van der Waals surface area contributed by atoms with E-state index in [2.05, 4.69) is 40.8 Å². The number of likely N-dealkylation sites (N-methyl/N-ethyl adjacent to an activating group) is 1. The number of nitrogens with one attached hydrogen (secondary N) is 1. The van der Waals surface area contributed by atoms with E-state index in [1.807, 2.05) is 11.1 Å². The van der Waals surface area contributed by atoms with Crippen LogP contribution in [0, 0.1) is 13.8 Å². The monoisotopic (exact) mass is 609 g/mol. The summed E-state index contributed by atoms with van der Waals surface area (Å²) in [4.78, 5) is 33.8. The van der Waals surface area contributed by atoms with Gasteiger partial charge in [0.05, 0.1) is 25.4 Å². The summed E-state index contributed by atoms with van der Waals surface area (Å²) in [7, 11) is 3.29. The summed E-state index contributed by atoms with van der Waals surface area (Å²) < 4.78 is 39.2. The van der Waals surface area contributed by atoms with Gasteiger partial charge in [-0.3, -0.25) is 9.69 Å². The highest BCUT2D eigenvalue weighted by Gasteiger charge is 2.43. The number of hydrogen-bond donors (Lipinski definition) is 1. The van der Waals surface area contributed by atoms with Crippen molar-refractivity contribution in [2.24, 2.45) is 0 Å². The Bertz CT molecular complexity index is 1550. The molecule has 1 atom stereocenters. The van der Waals surface area contributed by atoms with Crippen LogP contribution in [-0.4, -0.2) is 109 Å². The Balaban J connectivity index is 1.27. The van der Waals surface area contributed by atoms with Crippen molar-refractivity contribution in [3.8, 4) is 6.01 Å². The van der Waals surface area contributed by atoms with Crippen molar-refractivity contribution in [3.63, 3.8) is 0 Å². The standard InChI is InChI=1S/C32H41F2N7O3/c1-21-16-26-24(7-9-35-26)29(22(21)2)41-10-8-25-27(18-41)36-31(44-19-23-17-32(33,34)20-38(23)3)37-30(25)40-13-11-39(12-14-40)28(42)6-5-15-43-4/h5-7,9,16,23,35H,8,10-15,17-20H2,1-4H3/b6-5+/t23-/m0/s1. The highest BCUT2D eigenvalue weighted by Crippen LogP contribution is 2.38. The van der Waals surface area contributed by atoms with Gasteiger partial charge in [-0.1, -0.05) is 6.08 Å². The number of piperazine rings is 1. The van der Waals surface area contributed by atoms with Crippen LogP contribution in [0.3, 0.4) is 0 Å². The van der Waals surface area contributed by atoms with Crippen LogP contribution in [0.4, 0.5) is 20.3 Å². The van der Waals surface area contributed by atoms with E-state index in [1.165, 1.54) is 22.2 Å². The lowest BCUT2D eigenvalue weighted by atomic mass is 9.99. The van der Waals surface area contributed by atoms with E-state index >= 15 is 0 Å². The summed E-state index contributed by atoms with van der Waals surface area (Å²) in [5.41, 5.74) is 6.70. The zero-order chi connectivity index (χ0) is 31.0. The Kier molecular flexibility index (Phi) is 8.47. The fourth-order valence-corrected chi connectivity index (χ4v) is 6.64. The summed E-state index contributed by atoms with van der Waals surface area (Å²) in [6.07, 6.45) is 5.76. The molecule has 10 nitrogen and oxygen atoms in total. The molecule has 2 saturated heterocycles. The molecule has 2 aromatic heterocycles. The first-order valence-electron chi connectivity index (χ1n) is 15.3. The van der Waals surface area contributed by atoms with E-state index in [9.17, 15) is 13.6 Å². The van der Waals surface area contributed by atoms with Gasteiger partial charge in [0.1, 0.15) is 12.4 Å². The van der Waals surface area contributed by atoms with Crippen molar-refractivity contribution in [1.29, 1.82) is 0 Å². The quantitative estimate of drug-likeness (QED) is 0.387. The summed E-state index contributed by atoms with van der Waals surface area (Å²) in [5.74, 6) is -1.95. The molecule has 1 amide bonds. The summed E-state index contributed by atoms with van der Waals surface area (Å²) in [6, 6.07) is 4.09. The molecule has 2 fully saturated rings. The van der Waals surface area contributed by atoms with E-state index in [-0.39, 0.29) is 31.5 Å². The van der Waals surface area contributed by atoms with Crippen LogP contribution in [0.25, 0.3) is 10.9 Å².